The van der Waals surface area contributed by atoms with Crippen molar-refractivity contribution < 1.29 is 9.59 Å². The normalized spacial score (nSPS) is 22.2. The second-order valence-electron chi connectivity index (χ2n) is 6.71. The van der Waals surface area contributed by atoms with Crippen LogP contribution in [0.1, 0.15) is 51.9 Å². The molecule has 2 N–H and O–H groups in total. The molecule has 0 radical (unpaired) electrons. The maximum Gasteiger partial charge on any atom is 0.243 e. The van der Waals surface area contributed by atoms with Crippen molar-refractivity contribution in [3.63, 3.8) is 0 Å². The molecule has 0 spiro atoms. The number of hydrogen-bond donors (Lipinski definition) is 2. The number of piperidine rings is 1. The van der Waals surface area contributed by atoms with Gasteiger partial charge in [-0.2, -0.15) is 9.36 Å². The molecule has 2 aliphatic rings. The Morgan fingerprint density at radius 1 is 1.17 bits per heavy atom. The van der Waals surface area contributed by atoms with E-state index in [1.54, 1.807) is 0 Å². The van der Waals surface area contributed by atoms with E-state index in [0.29, 0.717) is 18.5 Å². The predicted molar refractivity (Wildman–Crippen MR) is 94.2 cm³/mol. The van der Waals surface area contributed by atoms with E-state index in [-0.39, 0.29) is 17.7 Å². The average molecular weight is 351 g/mol. The third-order valence-electron chi connectivity index (χ3n) is 4.72. The predicted octanol–water partition coefficient (Wildman–Crippen LogP) is 2.16. The molecule has 2 amide bonds. The van der Waals surface area contributed by atoms with E-state index in [0.717, 1.165) is 37.4 Å². The second kappa shape index (κ2) is 7.92. The largest absolute Gasteiger partial charge is 0.353 e. The zero-order valence-electron chi connectivity index (χ0n) is 14.1. The van der Waals surface area contributed by atoms with Gasteiger partial charge in [0.05, 0.1) is 5.92 Å². The molecule has 2 fully saturated rings. The lowest BCUT2D eigenvalue weighted by Gasteiger charge is -2.33. The minimum absolute atomic E-state index is 0.00814. The zero-order valence-corrected chi connectivity index (χ0v) is 14.9. The summed E-state index contributed by atoms with van der Waals surface area (Å²) in [5, 5.41) is 6.60. The maximum atomic E-state index is 12.6. The first kappa shape index (κ1) is 17.1. The fourth-order valence-electron chi connectivity index (χ4n) is 3.48. The number of nitrogens with zero attached hydrogens (tertiary/aromatic N) is 3. The standard InChI is InChI=1S/C16H25N5O2S/c1-11(22)17-15-19-16(24-20-15)21-9-5-6-12(10-21)14(23)18-13-7-3-2-4-8-13/h12-13H,2-10H2,1H3,(H,18,23)(H,17,20,22). The Morgan fingerprint density at radius 3 is 2.71 bits per heavy atom. The number of amides is 2. The molecule has 1 saturated heterocycles. The Morgan fingerprint density at radius 2 is 1.96 bits per heavy atom. The SMILES string of the molecule is CC(=O)Nc1nsc(N2CCCC(C(=O)NC3CCCCC3)C2)n1. The molecule has 7 nitrogen and oxygen atoms in total. The summed E-state index contributed by atoms with van der Waals surface area (Å²) in [7, 11) is 0. The summed E-state index contributed by atoms with van der Waals surface area (Å²) in [5.74, 6) is 0.353. The van der Waals surface area contributed by atoms with Crippen LogP contribution in [0.3, 0.4) is 0 Å². The van der Waals surface area contributed by atoms with Crippen LogP contribution < -0.4 is 15.5 Å². The zero-order chi connectivity index (χ0) is 16.9. The molecule has 1 aliphatic carbocycles. The number of carbonyl (C=O) groups is 2. The first-order valence-electron chi connectivity index (χ1n) is 8.78. The molecule has 3 rings (SSSR count). The number of aromatic nitrogens is 2. The highest BCUT2D eigenvalue weighted by Gasteiger charge is 2.29. The van der Waals surface area contributed by atoms with Gasteiger partial charge in [-0.25, -0.2) is 0 Å². The van der Waals surface area contributed by atoms with E-state index >= 15 is 0 Å². The Hall–Kier alpha value is -1.70. The molecule has 1 aliphatic heterocycles. The summed E-state index contributed by atoms with van der Waals surface area (Å²) >= 11 is 1.27. The number of carbonyl (C=O) groups excluding carboxylic acids is 2. The molecule has 132 valence electrons. The molecule has 24 heavy (non-hydrogen) atoms. The van der Waals surface area contributed by atoms with Crippen molar-refractivity contribution in [1.82, 2.24) is 14.7 Å². The number of hydrogen-bond acceptors (Lipinski definition) is 6. The van der Waals surface area contributed by atoms with E-state index in [2.05, 4.69) is 24.9 Å². The first-order valence-corrected chi connectivity index (χ1v) is 9.56. The van der Waals surface area contributed by atoms with Crippen LogP contribution in [0.15, 0.2) is 0 Å². The molecule has 1 unspecified atom stereocenters. The van der Waals surface area contributed by atoms with E-state index in [1.807, 2.05) is 0 Å². The van der Waals surface area contributed by atoms with Crippen LogP contribution >= 0.6 is 11.5 Å². The van der Waals surface area contributed by atoms with Crippen molar-refractivity contribution in [2.75, 3.05) is 23.3 Å². The third kappa shape index (κ3) is 4.43. The molecular formula is C16H25N5O2S. The molecule has 0 bridgehead atoms. The van der Waals surface area contributed by atoms with Gasteiger partial charge in [-0.15, -0.1) is 0 Å². The molecule has 8 heteroatoms. The van der Waals surface area contributed by atoms with Crippen LogP contribution in [0.2, 0.25) is 0 Å². The highest BCUT2D eigenvalue weighted by atomic mass is 32.1. The molecule has 1 aromatic rings. The van der Waals surface area contributed by atoms with Gasteiger partial charge in [0.15, 0.2) is 0 Å². The van der Waals surface area contributed by atoms with Crippen molar-refractivity contribution in [2.24, 2.45) is 5.92 Å². The molecule has 1 atom stereocenters. The Balaban J connectivity index is 1.56. The van der Waals surface area contributed by atoms with Crippen LogP contribution in [0, 0.1) is 5.92 Å². The first-order chi connectivity index (χ1) is 11.6. The van der Waals surface area contributed by atoms with E-state index in [9.17, 15) is 9.59 Å². The lowest BCUT2D eigenvalue weighted by atomic mass is 9.93. The van der Waals surface area contributed by atoms with Gasteiger partial charge in [0.1, 0.15) is 0 Å². The number of anilines is 2. The van der Waals surface area contributed by atoms with Crippen LogP contribution in [0.5, 0.6) is 0 Å². The average Bonchev–Trinajstić information content (AvgIpc) is 3.03. The van der Waals surface area contributed by atoms with E-state index in [4.69, 9.17) is 0 Å². The summed E-state index contributed by atoms with van der Waals surface area (Å²) in [5.41, 5.74) is 0. The van der Waals surface area contributed by atoms with Gasteiger partial charge in [0.2, 0.25) is 22.9 Å². The minimum Gasteiger partial charge on any atom is -0.353 e. The molecule has 1 aromatic heterocycles. The fraction of sp³-hybridized carbons (Fsp3) is 0.750. The Bertz CT molecular complexity index is 585. The topological polar surface area (TPSA) is 87.2 Å². The second-order valence-corrected chi connectivity index (χ2v) is 7.44. The summed E-state index contributed by atoms with van der Waals surface area (Å²) < 4.78 is 4.15. The Kier molecular flexibility index (Phi) is 5.65. The fourth-order valence-corrected chi connectivity index (χ4v) is 4.15. The summed E-state index contributed by atoms with van der Waals surface area (Å²) in [4.78, 5) is 30.1. The van der Waals surface area contributed by atoms with Crippen LogP contribution in [0.4, 0.5) is 11.1 Å². The van der Waals surface area contributed by atoms with Crippen molar-refractivity contribution in [1.29, 1.82) is 0 Å². The molecule has 1 saturated carbocycles. The van der Waals surface area contributed by atoms with Crippen LogP contribution in [-0.4, -0.2) is 40.3 Å². The summed E-state index contributed by atoms with van der Waals surface area (Å²) in [6.07, 6.45) is 7.84. The smallest absolute Gasteiger partial charge is 0.243 e. The summed E-state index contributed by atoms with van der Waals surface area (Å²) in [6.45, 7) is 2.99. The molecular weight excluding hydrogens is 326 g/mol. The third-order valence-corrected chi connectivity index (χ3v) is 5.49. The number of nitrogens with one attached hydrogen (secondary N) is 2. The summed E-state index contributed by atoms with van der Waals surface area (Å²) in [6, 6.07) is 0.356. The van der Waals surface area contributed by atoms with E-state index < -0.39 is 0 Å². The number of rotatable bonds is 4. The van der Waals surface area contributed by atoms with Gasteiger partial charge in [-0.1, -0.05) is 19.3 Å². The maximum absolute atomic E-state index is 12.6. The van der Waals surface area contributed by atoms with Gasteiger partial charge in [0.25, 0.3) is 0 Å². The molecule has 2 heterocycles. The van der Waals surface area contributed by atoms with E-state index in [1.165, 1.54) is 37.7 Å². The quantitative estimate of drug-likeness (QED) is 0.868. The van der Waals surface area contributed by atoms with Gasteiger partial charge >= 0.3 is 0 Å². The van der Waals surface area contributed by atoms with Gasteiger partial charge in [0, 0.05) is 37.6 Å². The van der Waals surface area contributed by atoms with Gasteiger partial charge in [-0.05, 0) is 25.7 Å². The minimum atomic E-state index is -0.178. The van der Waals surface area contributed by atoms with Gasteiger partial charge in [-0.3, -0.25) is 14.9 Å². The Labute approximate surface area is 146 Å². The van der Waals surface area contributed by atoms with Crippen molar-refractivity contribution in [3.05, 3.63) is 0 Å². The van der Waals surface area contributed by atoms with Gasteiger partial charge < -0.3 is 10.2 Å². The highest BCUT2D eigenvalue weighted by molar-refractivity contribution is 7.09. The van der Waals surface area contributed by atoms with Crippen LogP contribution in [0.25, 0.3) is 0 Å². The lowest BCUT2D eigenvalue weighted by molar-refractivity contribution is -0.126. The molecule has 0 aromatic carbocycles. The lowest BCUT2D eigenvalue weighted by Crippen LogP contribution is -2.46. The highest BCUT2D eigenvalue weighted by Crippen LogP contribution is 2.26. The van der Waals surface area contributed by atoms with Crippen LogP contribution in [-0.2, 0) is 9.59 Å². The van der Waals surface area contributed by atoms with Crippen molar-refractivity contribution in [2.45, 2.75) is 57.9 Å². The van der Waals surface area contributed by atoms with Crippen molar-refractivity contribution in [3.8, 4) is 0 Å². The van der Waals surface area contributed by atoms with Crippen molar-refractivity contribution >= 4 is 34.4 Å². The monoisotopic (exact) mass is 351 g/mol.